The van der Waals surface area contributed by atoms with E-state index < -0.39 is 6.09 Å². The third-order valence-electron chi connectivity index (χ3n) is 4.28. The number of pyridine rings is 1. The summed E-state index contributed by atoms with van der Waals surface area (Å²) in [6.45, 7) is 4.04. The van der Waals surface area contributed by atoms with E-state index in [2.05, 4.69) is 28.8 Å². The number of amides is 1. The standard InChI is InChI=1S/C20H20Cl2N4O3S/c1-10(2)17(11-3-4-16(27)24-8-11)18-19(26-15(25-18)9-29-20(23)28)30-14-6-12(21)5-13(22)7-14/h3-8,10,17H,9H2,1-2H3,(H2,23,28)(H,24,27)(H,25,26). The van der Waals surface area contributed by atoms with E-state index in [9.17, 15) is 9.59 Å². The molecule has 0 bridgehead atoms. The first-order valence-corrected chi connectivity index (χ1v) is 10.6. The Morgan fingerprint density at radius 3 is 2.50 bits per heavy atom. The molecule has 0 spiro atoms. The predicted molar refractivity (Wildman–Crippen MR) is 117 cm³/mol. The summed E-state index contributed by atoms with van der Waals surface area (Å²) in [7, 11) is 0. The van der Waals surface area contributed by atoms with Gasteiger partial charge in [0.1, 0.15) is 10.9 Å². The Balaban J connectivity index is 2.05. The minimum atomic E-state index is -0.884. The number of aromatic amines is 2. The second kappa shape index (κ2) is 9.59. The molecule has 0 fully saturated rings. The van der Waals surface area contributed by atoms with Crippen molar-refractivity contribution in [1.82, 2.24) is 15.0 Å². The summed E-state index contributed by atoms with van der Waals surface area (Å²) in [6, 6.07) is 8.52. The van der Waals surface area contributed by atoms with Crippen molar-refractivity contribution in [2.75, 3.05) is 0 Å². The van der Waals surface area contributed by atoms with E-state index in [0.717, 1.165) is 21.2 Å². The number of primary amides is 1. The molecule has 0 radical (unpaired) electrons. The second-order valence-electron chi connectivity index (χ2n) is 6.92. The number of nitrogens with one attached hydrogen (secondary N) is 2. The fourth-order valence-corrected chi connectivity index (χ4v) is 4.80. The number of aromatic nitrogens is 3. The van der Waals surface area contributed by atoms with Crippen molar-refractivity contribution >= 4 is 41.1 Å². The van der Waals surface area contributed by atoms with Crippen molar-refractivity contribution in [2.24, 2.45) is 11.7 Å². The largest absolute Gasteiger partial charge is 0.442 e. The highest BCUT2D eigenvalue weighted by Gasteiger charge is 2.26. The first-order chi connectivity index (χ1) is 14.2. The first-order valence-electron chi connectivity index (χ1n) is 9.06. The Kier molecular flexibility index (Phi) is 7.12. The van der Waals surface area contributed by atoms with Gasteiger partial charge in [-0.05, 0) is 29.7 Å². The molecule has 2 heterocycles. The monoisotopic (exact) mass is 466 g/mol. The Labute approximate surface area is 187 Å². The average Bonchev–Trinajstić information content (AvgIpc) is 3.03. The lowest BCUT2D eigenvalue weighted by Gasteiger charge is -2.20. The maximum absolute atomic E-state index is 11.5. The van der Waals surface area contributed by atoms with Gasteiger partial charge in [-0.15, -0.1) is 0 Å². The van der Waals surface area contributed by atoms with Crippen LogP contribution in [0.5, 0.6) is 0 Å². The normalized spacial score (nSPS) is 12.2. The summed E-state index contributed by atoms with van der Waals surface area (Å²) >= 11 is 13.7. The molecular weight excluding hydrogens is 447 g/mol. The van der Waals surface area contributed by atoms with Crippen LogP contribution in [0.2, 0.25) is 10.0 Å². The van der Waals surface area contributed by atoms with Gasteiger partial charge in [0.05, 0.1) is 5.69 Å². The zero-order valence-corrected chi connectivity index (χ0v) is 18.6. The highest BCUT2D eigenvalue weighted by Crippen LogP contribution is 2.39. The van der Waals surface area contributed by atoms with E-state index in [1.807, 2.05) is 0 Å². The lowest BCUT2D eigenvalue weighted by molar-refractivity contribution is 0.147. The van der Waals surface area contributed by atoms with Gasteiger partial charge < -0.3 is 20.4 Å². The second-order valence-corrected chi connectivity index (χ2v) is 8.88. The smallest absolute Gasteiger partial charge is 0.404 e. The van der Waals surface area contributed by atoms with Crippen LogP contribution in [0.25, 0.3) is 0 Å². The number of nitrogens with two attached hydrogens (primary N) is 1. The molecule has 3 aromatic rings. The Bertz CT molecular complexity index is 1070. The SMILES string of the molecule is CC(C)C(c1ccc(=O)[nH]c1)c1nc(COC(N)=O)[nH]c1Sc1cc(Cl)cc(Cl)c1. The topological polar surface area (TPSA) is 114 Å². The summed E-state index contributed by atoms with van der Waals surface area (Å²) in [4.78, 5) is 33.9. The van der Waals surface area contributed by atoms with Gasteiger partial charge in [-0.25, -0.2) is 9.78 Å². The summed E-state index contributed by atoms with van der Waals surface area (Å²) in [5, 5.41) is 1.79. The van der Waals surface area contributed by atoms with Gasteiger partial charge in [-0.3, -0.25) is 4.79 Å². The first kappa shape index (κ1) is 22.3. The number of rotatable bonds is 7. The molecule has 1 amide bonds. The molecule has 30 heavy (non-hydrogen) atoms. The van der Waals surface area contributed by atoms with Crippen LogP contribution in [-0.2, 0) is 11.3 Å². The van der Waals surface area contributed by atoms with E-state index >= 15 is 0 Å². The van der Waals surface area contributed by atoms with Crippen molar-refractivity contribution in [2.45, 2.75) is 36.3 Å². The molecule has 0 aliphatic carbocycles. The molecule has 0 saturated heterocycles. The van der Waals surface area contributed by atoms with Crippen molar-refractivity contribution in [3.05, 3.63) is 74.0 Å². The number of nitrogens with zero attached hydrogens (tertiary/aromatic N) is 1. The highest BCUT2D eigenvalue weighted by molar-refractivity contribution is 7.99. The molecule has 2 aromatic heterocycles. The predicted octanol–water partition coefficient (Wildman–Crippen LogP) is 4.94. The molecule has 3 rings (SSSR count). The molecular formula is C20H20Cl2N4O3S. The molecule has 1 unspecified atom stereocenters. The van der Waals surface area contributed by atoms with Crippen LogP contribution in [-0.4, -0.2) is 21.0 Å². The van der Waals surface area contributed by atoms with Crippen LogP contribution in [0.4, 0.5) is 4.79 Å². The van der Waals surface area contributed by atoms with Crippen LogP contribution in [0.3, 0.4) is 0 Å². The molecule has 1 aromatic carbocycles. The van der Waals surface area contributed by atoms with Crippen LogP contribution in [0.15, 0.2) is 51.2 Å². The number of hydrogen-bond acceptors (Lipinski definition) is 5. The summed E-state index contributed by atoms with van der Waals surface area (Å²) in [5.41, 5.74) is 6.56. The van der Waals surface area contributed by atoms with Gasteiger partial charge in [0, 0.05) is 33.1 Å². The van der Waals surface area contributed by atoms with E-state index in [1.54, 1.807) is 30.5 Å². The lowest BCUT2D eigenvalue weighted by Crippen LogP contribution is -2.14. The van der Waals surface area contributed by atoms with Gasteiger partial charge >= 0.3 is 6.09 Å². The molecule has 0 aliphatic rings. The maximum atomic E-state index is 11.5. The fourth-order valence-electron chi connectivity index (χ4n) is 3.10. The number of H-pyrrole nitrogens is 2. The van der Waals surface area contributed by atoms with Gasteiger partial charge in [0.2, 0.25) is 5.56 Å². The fraction of sp³-hybridized carbons (Fsp3) is 0.250. The van der Waals surface area contributed by atoms with Crippen molar-refractivity contribution in [3.63, 3.8) is 0 Å². The number of carbonyl (C=O) groups is 1. The summed E-state index contributed by atoms with van der Waals surface area (Å²) in [6.07, 6.45) is 0.802. The molecule has 158 valence electrons. The number of imidazole rings is 1. The lowest BCUT2D eigenvalue weighted by atomic mass is 9.87. The Hall–Kier alpha value is -2.42. The molecule has 4 N–H and O–H groups in total. The van der Waals surface area contributed by atoms with E-state index in [4.69, 9.17) is 33.7 Å². The van der Waals surface area contributed by atoms with Crippen LogP contribution >= 0.6 is 35.0 Å². The maximum Gasteiger partial charge on any atom is 0.404 e. The third kappa shape index (κ3) is 5.59. The number of hydrogen-bond donors (Lipinski definition) is 3. The van der Waals surface area contributed by atoms with Gasteiger partial charge in [0.15, 0.2) is 6.61 Å². The van der Waals surface area contributed by atoms with Gasteiger partial charge in [-0.2, -0.15) is 0 Å². The zero-order valence-electron chi connectivity index (χ0n) is 16.2. The molecule has 0 saturated carbocycles. The van der Waals surface area contributed by atoms with Crippen LogP contribution < -0.4 is 11.3 Å². The molecule has 1 atom stereocenters. The van der Waals surface area contributed by atoms with Crippen molar-refractivity contribution in [1.29, 1.82) is 0 Å². The zero-order chi connectivity index (χ0) is 21.8. The Morgan fingerprint density at radius 1 is 1.23 bits per heavy atom. The average molecular weight is 467 g/mol. The number of ether oxygens (including phenoxy) is 1. The van der Waals surface area contributed by atoms with Gasteiger partial charge in [0.25, 0.3) is 0 Å². The van der Waals surface area contributed by atoms with E-state index in [-0.39, 0.29) is 24.0 Å². The third-order valence-corrected chi connectivity index (χ3v) is 5.70. The molecule has 7 nitrogen and oxygen atoms in total. The number of carbonyl (C=O) groups excluding carboxylic acids is 1. The Morgan fingerprint density at radius 2 is 1.93 bits per heavy atom. The highest BCUT2D eigenvalue weighted by atomic mass is 35.5. The van der Waals surface area contributed by atoms with Crippen molar-refractivity contribution in [3.8, 4) is 0 Å². The number of halogens is 2. The summed E-state index contributed by atoms with van der Waals surface area (Å²) in [5.74, 6) is 0.485. The van der Waals surface area contributed by atoms with Crippen LogP contribution in [0, 0.1) is 5.92 Å². The van der Waals surface area contributed by atoms with Crippen LogP contribution in [0.1, 0.15) is 36.8 Å². The number of benzene rings is 1. The van der Waals surface area contributed by atoms with Gasteiger partial charge in [-0.1, -0.05) is 54.9 Å². The quantitative estimate of drug-likeness (QED) is 0.456. The minimum Gasteiger partial charge on any atom is -0.442 e. The molecule has 0 aliphatic heterocycles. The summed E-state index contributed by atoms with van der Waals surface area (Å²) < 4.78 is 4.89. The van der Waals surface area contributed by atoms with E-state index in [1.165, 1.54) is 17.8 Å². The van der Waals surface area contributed by atoms with Crippen molar-refractivity contribution < 1.29 is 9.53 Å². The molecule has 10 heteroatoms. The minimum absolute atomic E-state index is 0.0877. The van der Waals surface area contributed by atoms with E-state index in [0.29, 0.717) is 15.9 Å².